The van der Waals surface area contributed by atoms with Crippen molar-refractivity contribution < 1.29 is 23.8 Å². The molecular formula is C11H12O5. The van der Waals surface area contributed by atoms with Crippen LogP contribution in [0.1, 0.15) is 34.5 Å². The van der Waals surface area contributed by atoms with Crippen LogP contribution in [0.3, 0.4) is 0 Å². The first-order chi connectivity index (χ1) is 7.59. The summed E-state index contributed by atoms with van der Waals surface area (Å²) in [6.45, 7) is 2.49. The van der Waals surface area contributed by atoms with Crippen molar-refractivity contribution in [3.8, 4) is 0 Å². The van der Waals surface area contributed by atoms with E-state index in [1.807, 2.05) is 6.92 Å². The molecule has 0 aliphatic carbocycles. The van der Waals surface area contributed by atoms with Gasteiger partial charge in [-0.15, -0.1) is 0 Å². The molecule has 0 spiro atoms. The molecule has 1 saturated heterocycles. The Balaban J connectivity index is 2.17. The van der Waals surface area contributed by atoms with Crippen LogP contribution < -0.4 is 0 Å². The average molecular weight is 224 g/mol. The number of rotatable bonds is 3. The Morgan fingerprint density at radius 3 is 2.56 bits per heavy atom. The van der Waals surface area contributed by atoms with Crippen molar-refractivity contribution in [2.24, 2.45) is 5.92 Å². The lowest BCUT2D eigenvalue weighted by Crippen LogP contribution is -2.24. The van der Waals surface area contributed by atoms with Gasteiger partial charge in [-0.1, -0.05) is 6.92 Å². The van der Waals surface area contributed by atoms with Crippen molar-refractivity contribution in [1.82, 2.24) is 0 Å². The molecule has 1 N–H and O–H groups in total. The van der Waals surface area contributed by atoms with Gasteiger partial charge in [0.05, 0.1) is 0 Å². The Hall–Kier alpha value is -1.62. The van der Waals surface area contributed by atoms with E-state index in [-0.39, 0.29) is 23.2 Å². The Labute approximate surface area is 92.0 Å². The van der Waals surface area contributed by atoms with Crippen LogP contribution in [0, 0.1) is 5.92 Å². The Morgan fingerprint density at radius 1 is 1.38 bits per heavy atom. The molecule has 0 bridgehead atoms. The fourth-order valence-electron chi connectivity index (χ4n) is 1.76. The molecule has 5 nitrogen and oxygen atoms in total. The predicted molar refractivity (Wildman–Crippen MR) is 53.5 cm³/mol. The molecule has 1 fully saturated rings. The van der Waals surface area contributed by atoms with E-state index in [0.717, 1.165) is 6.42 Å². The quantitative estimate of drug-likeness (QED) is 0.789. The normalized spacial score (nSPS) is 24.6. The Kier molecular flexibility index (Phi) is 2.78. The highest BCUT2D eigenvalue weighted by Gasteiger charge is 2.33. The summed E-state index contributed by atoms with van der Waals surface area (Å²) in [5, 5.41) is 8.66. The predicted octanol–water partition coefficient (Wildman–Crippen LogP) is 1.59. The van der Waals surface area contributed by atoms with E-state index in [0.29, 0.717) is 6.61 Å². The summed E-state index contributed by atoms with van der Waals surface area (Å²) in [5.74, 6) is -1.49. The first-order valence-electron chi connectivity index (χ1n) is 5.08. The molecule has 1 aliphatic heterocycles. The smallest absolute Gasteiger partial charge is 0.371 e. The van der Waals surface area contributed by atoms with E-state index in [1.54, 1.807) is 0 Å². The lowest BCUT2D eigenvalue weighted by molar-refractivity contribution is 0.0544. The lowest BCUT2D eigenvalue weighted by atomic mass is 9.99. The van der Waals surface area contributed by atoms with Crippen LogP contribution in [0.5, 0.6) is 0 Å². The molecule has 2 heterocycles. The molecule has 1 aromatic rings. The summed E-state index contributed by atoms with van der Waals surface area (Å²) in [4.78, 5) is 22.5. The fourth-order valence-corrected chi connectivity index (χ4v) is 1.76. The molecule has 2 atom stereocenters. The van der Waals surface area contributed by atoms with Gasteiger partial charge in [-0.05, 0) is 24.5 Å². The average Bonchev–Trinajstić information content (AvgIpc) is 2.84. The van der Waals surface area contributed by atoms with Crippen LogP contribution in [0.2, 0.25) is 0 Å². The van der Waals surface area contributed by atoms with Crippen LogP contribution >= 0.6 is 0 Å². The van der Waals surface area contributed by atoms with Crippen LogP contribution in [-0.4, -0.2) is 29.6 Å². The summed E-state index contributed by atoms with van der Waals surface area (Å²) < 4.78 is 10.2. The molecule has 16 heavy (non-hydrogen) atoms. The van der Waals surface area contributed by atoms with E-state index < -0.39 is 12.1 Å². The summed E-state index contributed by atoms with van der Waals surface area (Å²) >= 11 is 0. The van der Waals surface area contributed by atoms with E-state index in [4.69, 9.17) is 14.3 Å². The van der Waals surface area contributed by atoms with E-state index >= 15 is 0 Å². The molecule has 0 radical (unpaired) electrons. The number of ether oxygens (including phenoxy) is 1. The zero-order valence-corrected chi connectivity index (χ0v) is 8.80. The molecule has 2 rings (SSSR count). The Bertz CT molecular complexity index is 420. The van der Waals surface area contributed by atoms with Crippen molar-refractivity contribution in [3.63, 3.8) is 0 Å². The van der Waals surface area contributed by atoms with Gasteiger partial charge in [-0.3, -0.25) is 4.79 Å². The minimum absolute atomic E-state index is 0.0520. The second kappa shape index (κ2) is 4.09. The number of carboxylic acids is 1. The molecular weight excluding hydrogens is 212 g/mol. The van der Waals surface area contributed by atoms with Crippen molar-refractivity contribution in [1.29, 1.82) is 0 Å². The molecule has 0 saturated carbocycles. The fraction of sp³-hybridized carbons (Fsp3) is 0.455. The number of carbonyl (C=O) groups is 2. The number of furan rings is 1. The third-order valence-electron chi connectivity index (χ3n) is 2.71. The number of hydrogen-bond acceptors (Lipinski definition) is 4. The maximum Gasteiger partial charge on any atom is 0.371 e. The minimum Gasteiger partial charge on any atom is -0.475 e. The SMILES string of the molecule is CC1CCOC1C(=O)c1ccc(C(=O)O)o1. The molecule has 1 aliphatic rings. The van der Waals surface area contributed by atoms with Crippen LogP contribution in [-0.2, 0) is 4.74 Å². The number of carbonyl (C=O) groups excluding carboxylic acids is 1. The summed E-state index contributed by atoms with van der Waals surface area (Å²) in [6.07, 6.45) is 0.330. The van der Waals surface area contributed by atoms with Crippen molar-refractivity contribution in [2.45, 2.75) is 19.4 Å². The van der Waals surface area contributed by atoms with Gasteiger partial charge in [-0.2, -0.15) is 0 Å². The van der Waals surface area contributed by atoms with E-state index in [9.17, 15) is 9.59 Å². The van der Waals surface area contributed by atoms with Gasteiger partial charge in [-0.25, -0.2) is 4.79 Å². The highest BCUT2D eigenvalue weighted by Crippen LogP contribution is 2.24. The number of aromatic carboxylic acids is 1. The van der Waals surface area contributed by atoms with Gasteiger partial charge in [0.25, 0.3) is 0 Å². The largest absolute Gasteiger partial charge is 0.475 e. The summed E-state index contributed by atoms with van der Waals surface area (Å²) in [5.41, 5.74) is 0. The van der Waals surface area contributed by atoms with Crippen LogP contribution in [0.25, 0.3) is 0 Å². The molecule has 1 aromatic heterocycles. The molecule has 86 valence electrons. The number of ketones is 1. The maximum atomic E-state index is 11.9. The van der Waals surface area contributed by atoms with Crippen molar-refractivity contribution >= 4 is 11.8 Å². The zero-order chi connectivity index (χ0) is 11.7. The third-order valence-corrected chi connectivity index (χ3v) is 2.71. The molecule has 0 amide bonds. The van der Waals surface area contributed by atoms with Gasteiger partial charge in [0.2, 0.25) is 11.5 Å². The first kappa shape index (κ1) is 10.9. The standard InChI is InChI=1S/C11H12O5/c1-6-4-5-15-10(6)9(12)7-2-3-8(16-7)11(13)14/h2-3,6,10H,4-5H2,1H3,(H,13,14). The number of carboxylic acid groups (broad SMARTS) is 1. The third kappa shape index (κ3) is 1.86. The first-order valence-corrected chi connectivity index (χ1v) is 5.08. The van der Waals surface area contributed by atoms with Gasteiger partial charge >= 0.3 is 5.97 Å². The summed E-state index contributed by atoms with van der Waals surface area (Å²) in [7, 11) is 0. The second-order valence-electron chi connectivity index (χ2n) is 3.89. The highest BCUT2D eigenvalue weighted by molar-refractivity contribution is 5.98. The Morgan fingerprint density at radius 2 is 2.06 bits per heavy atom. The number of Topliss-reactive ketones (excluding diaryl/α,β-unsaturated/α-hetero) is 1. The molecule has 5 heteroatoms. The highest BCUT2D eigenvalue weighted by atomic mass is 16.5. The maximum absolute atomic E-state index is 11.9. The molecule has 0 aromatic carbocycles. The van der Waals surface area contributed by atoms with E-state index in [2.05, 4.69) is 0 Å². The number of hydrogen-bond donors (Lipinski definition) is 1. The van der Waals surface area contributed by atoms with E-state index in [1.165, 1.54) is 12.1 Å². The van der Waals surface area contributed by atoms with Gasteiger partial charge < -0.3 is 14.3 Å². The second-order valence-corrected chi connectivity index (χ2v) is 3.89. The monoisotopic (exact) mass is 224 g/mol. The van der Waals surface area contributed by atoms with Crippen molar-refractivity contribution in [2.75, 3.05) is 6.61 Å². The lowest BCUT2D eigenvalue weighted by Gasteiger charge is -2.10. The molecule has 2 unspecified atom stereocenters. The van der Waals surface area contributed by atoms with Crippen molar-refractivity contribution in [3.05, 3.63) is 23.7 Å². The van der Waals surface area contributed by atoms with Gasteiger partial charge in [0, 0.05) is 6.61 Å². The minimum atomic E-state index is -1.18. The summed E-state index contributed by atoms with van der Waals surface area (Å²) in [6, 6.07) is 2.65. The van der Waals surface area contributed by atoms with Gasteiger partial charge in [0.1, 0.15) is 6.10 Å². The zero-order valence-electron chi connectivity index (χ0n) is 8.80. The van der Waals surface area contributed by atoms with Crippen LogP contribution in [0.4, 0.5) is 0 Å². The topological polar surface area (TPSA) is 76.7 Å². The van der Waals surface area contributed by atoms with Gasteiger partial charge in [0.15, 0.2) is 5.76 Å². The van der Waals surface area contributed by atoms with Crippen LogP contribution in [0.15, 0.2) is 16.5 Å².